The second-order valence-electron chi connectivity index (χ2n) is 7.23. The number of para-hydroxylation sites is 1. The van der Waals surface area contributed by atoms with Gasteiger partial charge in [0.05, 0.1) is 11.9 Å². The first-order chi connectivity index (χ1) is 14.0. The molecule has 4 rings (SSSR count). The quantitative estimate of drug-likeness (QED) is 0.620. The number of aromatic nitrogens is 4. The van der Waals surface area contributed by atoms with Gasteiger partial charge in [-0.2, -0.15) is 5.10 Å². The van der Waals surface area contributed by atoms with Crippen LogP contribution in [0.5, 0.6) is 5.75 Å². The van der Waals surface area contributed by atoms with E-state index in [1.165, 1.54) is 4.90 Å². The third kappa shape index (κ3) is 3.98. The molecule has 1 atom stereocenters. The molecule has 0 radical (unpaired) electrons. The van der Waals surface area contributed by atoms with Crippen LogP contribution in [0.1, 0.15) is 12.8 Å². The molecule has 1 aliphatic heterocycles. The van der Waals surface area contributed by atoms with Crippen LogP contribution in [0.4, 0.5) is 10.6 Å². The first kappa shape index (κ1) is 18.7. The molecule has 0 saturated carbocycles. The van der Waals surface area contributed by atoms with Gasteiger partial charge in [-0.05, 0) is 37.0 Å². The molecule has 0 bridgehead atoms. The van der Waals surface area contributed by atoms with Gasteiger partial charge < -0.3 is 20.8 Å². The molecule has 1 fully saturated rings. The largest absolute Gasteiger partial charge is 0.507 e. The van der Waals surface area contributed by atoms with Gasteiger partial charge in [-0.1, -0.05) is 12.1 Å². The molecule has 1 aromatic carbocycles. The Balaban J connectivity index is 1.56. The van der Waals surface area contributed by atoms with Crippen LogP contribution < -0.4 is 5.73 Å². The number of hydrogen-bond donors (Lipinski definition) is 3. The molecule has 0 spiro atoms. The van der Waals surface area contributed by atoms with Crippen LogP contribution >= 0.6 is 0 Å². The number of likely N-dealkylation sites (tertiary alicyclic amines) is 1. The van der Waals surface area contributed by atoms with Crippen molar-refractivity contribution >= 4 is 11.9 Å². The van der Waals surface area contributed by atoms with E-state index in [1.807, 2.05) is 16.9 Å². The van der Waals surface area contributed by atoms with Gasteiger partial charge in [-0.3, -0.25) is 4.68 Å². The molecule has 29 heavy (non-hydrogen) atoms. The predicted octanol–water partition coefficient (Wildman–Crippen LogP) is 2.68. The number of aromatic hydroxyl groups is 1. The molecule has 9 heteroatoms. The number of nitrogens with zero attached hydrogens (tertiary/aromatic N) is 5. The summed E-state index contributed by atoms with van der Waals surface area (Å²) in [6.07, 6.45) is 4.54. The molecule has 2 aromatic heterocycles. The number of piperidine rings is 1. The van der Waals surface area contributed by atoms with E-state index in [0.29, 0.717) is 36.5 Å². The number of anilines is 1. The number of amides is 1. The number of phenolic OH excluding ortho intramolecular Hbond substituents is 1. The molecular formula is C20H22N6O3. The van der Waals surface area contributed by atoms with Gasteiger partial charge in [0.15, 0.2) is 5.82 Å². The van der Waals surface area contributed by atoms with Crippen molar-refractivity contribution in [1.29, 1.82) is 0 Å². The smallest absolute Gasteiger partial charge is 0.407 e. The lowest BCUT2D eigenvalue weighted by atomic mass is 9.98. The lowest BCUT2D eigenvalue weighted by Crippen LogP contribution is -2.40. The van der Waals surface area contributed by atoms with E-state index in [9.17, 15) is 15.0 Å². The predicted molar refractivity (Wildman–Crippen MR) is 107 cm³/mol. The highest BCUT2D eigenvalue weighted by Crippen LogP contribution is 2.32. The molecular weight excluding hydrogens is 372 g/mol. The Kier molecular flexibility index (Phi) is 5.03. The number of carboxylic acid groups (broad SMARTS) is 1. The summed E-state index contributed by atoms with van der Waals surface area (Å²) in [4.78, 5) is 12.7. The maximum atomic E-state index is 11.2. The van der Waals surface area contributed by atoms with Gasteiger partial charge in [-0.15, -0.1) is 10.2 Å². The first-order valence-corrected chi connectivity index (χ1v) is 9.43. The van der Waals surface area contributed by atoms with Crippen molar-refractivity contribution in [2.75, 3.05) is 18.8 Å². The van der Waals surface area contributed by atoms with E-state index in [4.69, 9.17) is 5.73 Å². The van der Waals surface area contributed by atoms with E-state index in [0.717, 1.165) is 18.4 Å². The first-order valence-electron chi connectivity index (χ1n) is 9.43. The molecule has 3 heterocycles. The van der Waals surface area contributed by atoms with E-state index < -0.39 is 6.09 Å². The van der Waals surface area contributed by atoms with Crippen LogP contribution in [0.15, 0.2) is 42.7 Å². The number of nitrogens with two attached hydrogens (primary N) is 1. The number of hydrogen-bond acceptors (Lipinski definition) is 6. The number of carbonyl (C=O) groups is 1. The molecule has 1 amide bonds. The maximum Gasteiger partial charge on any atom is 0.407 e. The second kappa shape index (κ2) is 7.78. The van der Waals surface area contributed by atoms with Crippen molar-refractivity contribution in [3.05, 3.63) is 42.7 Å². The average molecular weight is 394 g/mol. The summed E-state index contributed by atoms with van der Waals surface area (Å²) in [5.74, 6) is 0.615. The van der Waals surface area contributed by atoms with Crippen LogP contribution in [0, 0.1) is 5.92 Å². The van der Waals surface area contributed by atoms with Gasteiger partial charge in [0, 0.05) is 42.5 Å². The van der Waals surface area contributed by atoms with Crippen LogP contribution in [0.3, 0.4) is 0 Å². The summed E-state index contributed by atoms with van der Waals surface area (Å²) in [5.41, 5.74) is 8.60. The standard InChI is InChI=1S/C20H22N6O3/c21-19-16(8-17(23-24-19)15-5-1-2-6-18(15)27)14-9-22-26(12-14)11-13-4-3-7-25(10-13)20(28)29/h1-2,5-6,8-9,12-13,27H,3-4,7,10-11H2,(H2,21,24)(H,28,29)/t13-/m1/s1. The van der Waals surface area contributed by atoms with Crippen LogP contribution in [-0.4, -0.2) is 54.3 Å². The van der Waals surface area contributed by atoms with E-state index in [1.54, 1.807) is 30.5 Å². The highest BCUT2D eigenvalue weighted by molar-refractivity contribution is 5.78. The van der Waals surface area contributed by atoms with Crippen LogP contribution in [0.25, 0.3) is 22.4 Å². The highest BCUT2D eigenvalue weighted by atomic mass is 16.4. The Bertz CT molecular complexity index is 1030. The van der Waals surface area contributed by atoms with Crippen molar-refractivity contribution in [3.8, 4) is 28.1 Å². The minimum absolute atomic E-state index is 0.119. The van der Waals surface area contributed by atoms with E-state index >= 15 is 0 Å². The molecule has 150 valence electrons. The molecule has 4 N–H and O–H groups in total. The minimum atomic E-state index is -0.872. The van der Waals surface area contributed by atoms with Gasteiger partial charge >= 0.3 is 6.09 Å². The number of rotatable bonds is 4. The van der Waals surface area contributed by atoms with Crippen molar-refractivity contribution < 1.29 is 15.0 Å². The normalized spacial score (nSPS) is 16.7. The monoisotopic (exact) mass is 394 g/mol. The number of phenols is 1. The zero-order valence-electron chi connectivity index (χ0n) is 15.8. The van der Waals surface area contributed by atoms with Crippen molar-refractivity contribution in [2.24, 2.45) is 5.92 Å². The van der Waals surface area contributed by atoms with E-state index in [-0.39, 0.29) is 17.5 Å². The summed E-state index contributed by atoms with van der Waals surface area (Å²) in [7, 11) is 0. The summed E-state index contributed by atoms with van der Waals surface area (Å²) in [6, 6.07) is 8.70. The van der Waals surface area contributed by atoms with E-state index in [2.05, 4.69) is 15.3 Å². The number of benzene rings is 1. The summed E-state index contributed by atoms with van der Waals surface area (Å²) in [6.45, 7) is 1.74. The zero-order valence-corrected chi connectivity index (χ0v) is 15.8. The molecule has 9 nitrogen and oxygen atoms in total. The third-order valence-electron chi connectivity index (χ3n) is 5.18. The Morgan fingerprint density at radius 2 is 2.07 bits per heavy atom. The van der Waals surface area contributed by atoms with Crippen molar-refractivity contribution in [3.63, 3.8) is 0 Å². The molecule has 0 unspecified atom stereocenters. The van der Waals surface area contributed by atoms with Gasteiger partial charge in [0.1, 0.15) is 5.75 Å². The molecule has 1 saturated heterocycles. The second-order valence-corrected chi connectivity index (χ2v) is 7.23. The molecule has 3 aromatic rings. The number of nitrogen functional groups attached to an aromatic ring is 1. The lowest BCUT2D eigenvalue weighted by molar-refractivity contribution is 0.115. The van der Waals surface area contributed by atoms with Crippen LogP contribution in [-0.2, 0) is 6.54 Å². The molecule has 0 aliphatic carbocycles. The average Bonchev–Trinajstić information content (AvgIpc) is 3.17. The lowest BCUT2D eigenvalue weighted by Gasteiger charge is -2.30. The Hall–Kier alpha value is -3.62. The van der Waals surface area contributed by atoms with Crippen molar-refractivity contribution in [2.45, 2.75) is 19.4 Å². The summed E-state index contributed by atoms with van der Waals surface area (Å²) >= 11 is 0. The van der Waals surface area contributed by atoms with Gasteiger partial charge in [0.25, 0.3) is 0 Å². The van der Waals surface area contributed by atoms with Crippen LogP contribution in [0.2, 0.25) is 0 Å². The maximum absolute atomic E-state index is 11.2. The fourth-order valence-electron chi connectivity index (χ4n) is 3.71. The fourth-order valence-corrected chi connectivity index (χ4v) is 3.71. The van der Waals surface area contributed by atoms with Gasteiger partial charge in [0.2, 0.25) is 0 Å². The van der Waals surface area contributed by atoms with Crippen molar-refractivity contribution in [1.82, 2.24) is 24.9 Å². The highest BCUT2D eigenvalue weighted by Gasteiger charge is 2.24. The third-order valence-corrected chi connectivity index (χ3v) is 5.18. The molecule has 1 aliphatic rings. The Morgan fingerprint density at radius 3 is 2.86 bits per heavy atom. The summed E-state index contributed by atoms with van der Waals surface area (Å²) in [5, 5.41) is 31.8. The fraction of sp³-hybridized carbons (Fsp3) is 0.300. The van der Waals surface area contributed by atoms with Gasteiger partial charge in [-0.25, -0.2) is 4.79 Å². The Labute approximate surface area is 167 Å². The zero-order chi connectivity index (χ0) is 20.4. The summed E-state index contributed by atoms with van der Waals surface area (Å²) < 4.78 is 1.81. The minimum Gasteiger partial charge on any atom is -0.507 e. The SMILES string of the molecule is Nc1nnc(-c2ccccc2O)cc1-c1cnn(C[C@@H]2CCCN(C(=O)O)C2)c1. The topological polar surface area (TPSA) is 130 Å². The Morgan fingerprint density at radius 1 is 1.24 bits per heavy atom.